The Hall–Kier alpha value is -4.91. The molecule has 0 bridgehead atoms. The highest BCUT2D eigenvalue weighted by Gasteiger charge is 2.54. The number of rotatable bonds is 5. The van der Waals surface area contributed by atoms with Gasteiger partial charge in [-0.2, -0.15) is 8.78 Å². The SMILES string of the molecule is Nc1ccc(-c2nc(C3C4CC4c4cc(-c5cc(Cl)ccc5-n5cc(C(=O)O)nn5)cc(=O)n43)[nH]c2F)c(F)n1. The fourth-order valence-electron chi connectivity index (χ4n) is 5.49. The van der Waals surface area contributed by atoms with Gasteiger partial charge in [0, 0.05) is 28.3 Å². The van der Waals surface area contributed by atoms with Gasteiger partial charge in [-0.3, -0.25) is 4.79 Å². The van der Waals surface area contributed by atoms with Gasteiger partial charge in [-0.25, -0.2) is 19.4 Å². The van der Waals surface area contributed by atoms with Crippen molar-refractivity contribution in [1.82, 2.24) is 34.5 Å². The molecule has 3 unspecified atom stereocenters. The third-order valence-electron chi connectivity index (χ3n) is 7.31. The maximum absolute atomic E-state index is 14.9. The fourth-order valence-corrected chi connectivity index (χ4v) is 5.66. The first-order valence-corrected chi connectivity index (χ1v) is 12.5. The van der Waals surface area contributed by atoms with E-state index in [1.807, 2.05) is 6.07 Å². The Morgan fingerprint density at radius 2 is 1.95 bits per heavy atom. The van der Waals surface area contributed by atoms with Crippen LogP contribution in [-0.4, -0.2) is 45.6 Å². The summed E-state index contributed by atoms with van der Waals surface area (Å²) in [4.78, 5) is 35.3. The molecule has 0 saturated heterocycles. The smallest absolute Gasteiger partial charge is 0.358 e. The van der Waals surface area contributed by atoms with Crippen LogP contribution in [0, 0.1) is 17.8 Å². The molecule has 4 aromatic heterocycles. The molecule has 4 N–H and O–H groups in total. The summed E-state index contributed by atoms with van der Waals surface area (Å²) in [6.45, 7) is 0. The summed E-state index contributed by atoms with van der Waals surface area (Å²) < 4.78 is 32.2. The average Bonchev–Trinajstić information content (AvgIpc) is 3.21. The lowest BCUT2D eigenvalue weighted by atomic mass is 10.0. The number of imidazole rings is 1. The lowest BCUT2D eigenvalue weighted by Gasteiger charge is -2.17. The molecule has 1 aromatic carbocycles. The summed E-state index contributed by atoms with van der Waals surface area (Å²) in [6.07, 6.45) is 2.03. The molecule has 1 aliphatic carbocycles. The summed E-state index contributed by atoms with van der Waals surface area (Å²) >= 11 is 6.29. The van der Waals surface area contributed by atoms with Crippen molar-refractivity contribution in [3.63, 3.8) is 0 Å². The summed E-state index contributed by atoms with van der Waals surface area (Å²) in [5.41, 5.74) is 6.86. The topological polar surface area (TPSA) is 158 Å². The molecule has 5 aromatic rings. The lowest BCUT2D eigenvalue weighted by molar-refractivity contribution is 0.0690. The van der Waals surface area contributed by atoms with Gasteiger partial charge in [-0.1, -0.05) is 16.8 Å². The summed E-state index contributed by atoms with van der Waals surface area (Å²) in [5.74, 6) is -2.81. The van der Waals surface area contributed by atoms with Gasteiger partial charge >= 0.3 is 5.97 Å². The zero-order chi connectivity index (χ0) is 27.9. The Kier molecular flexibility index (Phi) is 5.16. The van der Waals surface area contributed by atoms with E-state index in [-0.39, 0.29) is 46.0 Å². The van der Waals surface area contributed by atoms with Gasteiger partial charge in [0.1, 0.15) is 17.3 Å². The largest absolute Gasteiger partial charge is 0.476 e. The molecule has 1 aliphatic heterocycles. The van der Waals surface area contributed by atoms with Crippen LogP contribution in [0.3, 0.4) is 0 Å². The Morgan fingerprint density at radius 1 is 1.12 bits per heavy atom. The van der Waals surface area contributed by atoms with E-state index in [0.29, 0.717) is 21.8 Å². The second kappa shape index (κ2) is 8.55. The van der Waals surface area contributed by atoms with Gasteiger partial charge in [0.25, 0.3) is 5.56 Å². The Balaban J connectivity index is 1.31. The Morgan fingerprint density at radius 3 is 2.70 bits per heavy atom. The molecule has 2 aliphatic rings. The number of pyridine rings is 2. The van der Waals surface area contributed by atoms with Crippen molar-refractivity contribution in [2.24, 2.45) is 5.92 Å². The van der Waals surface area contributed by atoms with Crippen LogP contribution in [0.15, 0.2) is 53.5 Å². The van der Waals surface area contributed by atoms with Crippen molar-refractivity contribution >= 4 is 23.4 Å². The number of aromatic nitrogens is 7. The van der Waals surface area contributed by atoms with E-state index >= 15 is 0 Å². The highest BCUT2D eigenvalue weighted by atomic mass is 35.5. The van der Waals surface area contributed by atoms with Crippen LogP contribution in [0.1, 0.15) is 40.4 Å². The number of carboxylic acid groups (broad SMARTS) is 1. The highest BCUT2D eigenvalue weighted by molar-refractivity contribution is 6.31. The first-order valence-electron chi connectivity index (χ1n) is 12.1. The van der Waals surface area contributed by atoms with Gasteiger partial charge < -0.3 is 20.4 Å². The second-order valence-electron chi connectivity index (χ2n) is 9.70. The normalized spacial score (nSPS) is 18.9. The van der Waals surface area contributed by atoms with Crippen molar-refractivity contribution in [1.29, 1.82) is 0 Å². The molecule has 5 heterocycles. The van der Waals surface area contributed by atoms with E-state index in [9.17, 15) is 23.5 Å². The van der Waals surface area contributed by atoms with Gasteiger partial charge in [0.15, 0.2) is 5.69 Å². The van der Waals surface area contributed by atoms with Crippen molar-refractivity contribution in [3.8, 4) is 28.1 Å². The van der Waals surface area contributed by atoms with Gasteiger partial charge in [0.05, 0.1) is 23.5 Å². The van der Waals surface area contributed by atoms with Gasteiger partial charge in [0.2, 0.25) is 11.9 Å². The minimum absolute atomic E-state index is 0.00279. The van der Waals surface area contributed by atoms with Gasteiger partial charge in [-0.05, 0) is 54.3 Å². The first kappa shape index (κ1) is 24.2. The molecular formula is C26H17ClF2N8O3. The van der Waals surface area contributed by atoms with Crippen LogP contribution < -0.4 is 11.3 Å². The van der Waals surface area contributed by atoms with Crippen LogP contribution >= 0.6 is 11.6 Å². The number of H-pyrrole nitrogens is 1. The lowest BCUT2D eigenvalue weighted by Crippen LogP contribution is -2.26. The molecule has 1 saturated carbocycles. The van der Waals surface area contributed by atoms with E-state index in [4.69, 9.17) is 17.3 Å². The number of nitrogens with one attached hydrogen (secondary N) is 1. The monoisotopic (exact) mass is 562 g/mol. The summed E-state index contributed by atoms with van der Waals surface area (Å²) in [7, 11) is 0. The zero-order valence-electron chi connectivity index (χ0n) is 20.2. The first-order chi connectivity index (χ1) is 19.2. The van der Waals surface area contributed by atoms with Crippen LogP contribution in [0.4, 0.5) is 14.6 Å². The number of hydrogen-bond donors (Lipinski definition) is 3. The third-order valence-corrected chi connectivity index (χ3v) is 7.55. The quantitative estimate of drug-likeness (QED) is 0.273. The maximum Gasteiger partial charge on any atom is 0.358 e. The molecular weight excluding hydrogens is 546 g/mol. The van der Waals surface area contributed by atoms with E-state index in [1.165, 1.54) is 29.1 Å². The Bertz CT molecular complexity index is 1930. The number of anilines is 1. The molecule has 40 heavy (non-hydrogen) atoms. The van der Waals surface area contributed by atoms with Crippen LogP contribution in [0.2, 0.25) is 5.02 Å². The molecule has 0 spiro atoms. The molecule has 1 fully saturated rings. The molecule has 0 amide bonds. The van der Waals surface area contributed by atoms with E-state index < -0.39 is 23.9 Å². The predicted molar refractivity (Wildman–Crippen MR) is 138 cm³/mol. The van der Waals surface area contributed by atoms with E-state index in [1.54, 1.807) is 22.8 Å². The number of aromatic amines is 1. The van der Waals surface area contributed by atoms with E-state index in [0.717, 1.165) is 12.1 Å². The van der Waals surface area contributed by atoms with Crippen molar-refractivity contribution in [2.75, 3.05) is 5.73 Å². The number of fused-ring (bicyclic) bond motifs is 3. The third kappa shape index (κ3) is 3.69. The van der Waals surface area contributed by atoms with E-state index in [2.05, 4.69) is 25.3 Å². The number of benzene rings is 1. The van der Waals surface area contributed by atoms with Crippen LogP contribution in [0.25, 0.3) is 28.1 Å². The minimum Gasteiger partial charge on any atom is -0.476 e. The van der Waals surface area contributed by atoms with Crippen molar-refractivity contribution < 1.29 is 18.7 Å². The standard InChI is InChI=1S/C26H17ClF2N8O3/c27-11-1-3-17(36-9-16(26(39)40)34-35-36)13(7-11)10-5-18-14-8-15(14)22(37(18)20(38)6-10)25-32-21(24(29)33-25)12-2-4-19(30)31-23(12)28/h1-7,9,14-15,22H,8H2,(H2,30,31)(H,32,33)(H,39,40). The highest BCUT2D eigenvalue weighted by Crippen LogP contribution is 2.60. The predicted octanol–water partition coefficient (Wildman–Crippen LogP) is 3.80. The minimum atomic E-state index is -1.23. The fraction of sp³-hybridized carbons (Fsp3) is 0.154. The number of nitrogen functional groups attached to an aromatic ring is 1. The zero-order valence-corrected chi connectivity index (χ0v) is 21.0. The number of nitrogens with two attached hydrogens (primary N) is 1. The number of hydrogen-bond acceptors (Lipinski definition) is 7. The molecule has 0 radical (unpaired) electrons. The number of carboxylic acids is 1. The molecule has 7 rings (SSSR count). The number of aromatic carboxylic acids is 1. The summed E-state index contributed by atoms with van der Waals surface area (Å²) in [5, 5.41) is 17.2. The second-order valence-corrected chi connectivity index (χ2v) is 10.1. The Labute approximate surface area is 227 Å². The molecule has 11 nitrogen and oxygen atoms in total. The van der Waals surface area contributed by atoms with Crippen LogP contribution in [0.5, 0.6) is 0 Å². The molecule has 14 heteroatoms. The molecule has 200 valence electrons. The van der Waals surface area contributed by atoms with Crippen LogP contribution in [-0.2, 0) is 0 Å². The van der Waals surface area contributed by atoms with Crippen molar-refractivity contribution in [3.05, 3.63) is 93.1 Å². The maximum atomic E-state index is 14.9. The number of nitrogens with zero attached hydrogens (tertiary/aromatic N) is 6. The molecule has 3 atom stereocenters. The average molecular weight is 563 g/mol. The van der Waals surface area contributed by atoms with Gasteiger partial charge in [-0.15, -0.1) is 5.10 Å². The number of halogens is 3. The summed E-state index contributed by atoms with van der Waals surface area (Å²) in [6, 6.07) is 10.3. The van der Waals surface area contributed by atoms with Crippen molar-refractivity contribution in [2.45, 2.75) is 18.4 Å². The number of carbonyl (C=O) groups is 1.